The fourth-order valence-electron chi connectivity index (χ4n) is 3.23. The Labute approximate surface area is 180 Å². The van der Waals surface area contributed by atoms with Crippen molar-refractivity contribution in [1.29, 1.82) is 0 Å². The minimum absolute atomic E-state index is 0.0990. The van der Waals surface area contributed by atoms with Crippen LogP contribution in [0, 0.1) is 0 Å². The Hall–Kier alpha value is -4.38. The zero-order valence-electron chi connectivity index (χ0n) is 16.8. The maximum absolute atomic E-state index is 11.0. The highest BCUT2D eigenvalue weighted by atomic mass is 16.5. The number of aromatic nitrogens is 6. The molecule has 0 fully saturated rings. The second-order valence-electron chi connectivity index (χ2n) is 6.85. The number of aromatic carboxylic acids is 1. The smallest absolute Gasteiger partial charge is 0.337 e. The Balaban J connectivity index is 1.54. The van der Waals surface area contributed by atoms with Crippen LogP contribution in [-0.2, 0) is 18.0 Å². The number of hydrogen-bond acceptors (Lipinski definition) is 9. The fourth-order valence-corrected chi connectivity index (χ4v) is 3.23. The lowest BCUT2D eigenvalue weighted by atomic mass is 10.2. The number of methoxy groups -OCH3 is 1. The van der Waals surface area contributed by atoms with E-state index in [-0.39, 0.29) is 18.8 Å². The van der Waals surface area contributed by atoms with E-state index in [1.54, 1.807) is 23.8 Å². The monoisotopic (exact) mass is 432 g/mol. The van der Waals surface area contributed by atoms with Gasteiger partial charge in [-0.2, -0.15) is 4.52 Å². The van der Waals surface area contributed by atoms with Gasteiger partial charge in [-0.25, -0.2) is 4.79 Å². The molecule has 0 saturated heterocycles. The SMILES string of the molecule is COCc1cc(-c2nnc3c4ccccc4c(OCc4ccc(C(=O)O)cn4)nn23)no1. The molecule has 0 aliphatic rings. The van der Waals surface area contributed by atoms with E-state index < -0.39 is 5.97 Å². The van der Waals surface area contributed by atoms with E-state index in [1.807, 2.05) is 24.3 Å². The second kappa shape index (κ2) is 8.04. The van der Waals surface area contributed by atoms with Crippen molar-refractivity contribution < 1.29 is 23.9 Å². The van der Waals surface area contributed by atoms with Crippen molar-refractivity contribution >= 4 is 22.4 Å². The van der Waals surface area contributed by atoms with Gasteiger partial charge in [-0.1, -0.05) is 23.4 Å². The molecule has 0 amide bonds. The molecule has 0 unspecified atom stereocenters. The van der Waals surface area contributed by atoms with Crippen molar-refractivity contribution in [1.82, 2.24) is 30.0 Å². The number of carbonyl (C=O) groups is 1. The van der Waals surface area contributed by atoms with E-state index in [4.69, 9.17) is 19.1 Å². The molecule has 5 aromatic rings. The molecule has 0 bridgehead atoms. The van der Waals surface area contributed by atoms with Crippen LogP contribution in [-0.4, -0.2) is 48.1 Å². The van der Waals surface area contributed by atoms with Gasteiger partial charge in [0.05, 0.1) is 11.3 Å². The average molecular weight is 432 g/mol. The molecule has 0 aliphatic heterocycles. The minimum atomic E-state index is -1.04. The molecule has 4 heterocycles. The van der Waals surface area contributed by atoms with E-state index in [0.29, 0.717) is 34.5 Å². The van der Waals surface area contributed by atoms with Crippen LogP contribution >= 0.6 is 0 Å². The number of hydrogen-bond donors (Lipinski definition) is 1. The standard InChI is InChI=1S/C21H16N6O5/c1-30-11-14-8-17(26-32-14)19-24-23-18-15-4-2-3-5-16(15)20(25-27(18)19)31-10-13-7-6-12(9-22-13)21(28)29/h2-9H,10-11H2,1H3,(H,28,29). The summed E-state index contributed by atoms with van der Waals surface area (Å²) in [6, 6.07) is 12.3. The number of benzene rings is 1. The van der Waals surface area contributed by atoms with Crippen molar-refractivity contribution in [3.05, 3.63) is 65.7 Å². The zero-order chi connectivity index (χ0) is 22.1. The molecule has 4 aromatic heterocycles. The lowest BCUT2D eigenvalue weighted by molar-refractivity contribution is 0.0696. The molecule has 0 atom stereocenters. The van der Waals surface area contributed by atoms with Crippen LogP contribution in [0.4, 0.5) is 0 Å². The van der Waals surface area contributed by atoms with Crippen LogP contribution in [0.5, 0.6) is 5.88 Å². The van der Waals surface area contributed by atoms with Crippen LogP contribution in [0.2, 0.25) is 0 Å². The van der Waals surface area contributed by atoms with Crippen LogP contribution in [0.15, 0.2) is 53.2 Å². The van der Waals surface area contributed by atoms with Crippen LogP contribution in [0.25, 0.3) is 27.9 Å². The first-order chi connectivity index (χ1) is 15.6. The van der Waals surface area contributed by atoms with Gasteiger partial charge in [0, 0.05) is 30.1 Å². The maximum atomic E-state index is 11.0. The summed E-state index contributed by atoms with van der Waals surface area (Å²) >= 11 is 0. The molecule has 1 aromatic carbocycles. The average Bonchev–Trinajstić information content (AvgIpc) is 3.45. The first-order valence-electron chi connectivity index (χ1n) is 9.54. The molecule has 0 aliphatic carbocycles. The van der Waals surface area contributed by atoms with Crippen molar-refractivity contribution in [3.8, 4) is 17.4 Å². The highest BCUT2D eigenvalue weighted by molar-refractivity contribution is 5.97. The summed E-state index contributed by atoms with van der Waals surface area (Å²) in [7, 11) is 1.57. The quantitative estimate of drug-likeness (QED) is 0.408. The highest BCUT2D eigenvalue weighted by Crippen LogP contribution is 2.29. The Bertz CT molecular complexity index is 1430. The maximum Gasteiger partial charge on any atom is 0.337 e. The van der Waals surface area contributed by atoms with Gasteiger partial charge < -0.3 is 19.1 Å². The summed E-state index contributed by atoms with van der Waals surface area (Å²) in [6.45, 7) is 0.379. The van der Waals surface area contributed by atoms with Crippen molar-refractivity contribution in [3.63, 3.8) is 0 Å². The number of carboxylic acid groups (broad SMARTS) is 1. The van der Waals surface area contributed by atoms with Crippen LogP contribution in [0.1, 0.15) is 21.8 Å². The summed E-state index contributed by atoms with van der Waals surface area (Å²) in [4.78, 5) is 15.1. The minimum Gasteiger partial charge on any atom is -0.478 e. The lowest BCUT2D eigenvalue weighted by Crippen LogP contribution is -2.05. The molecular formula is C21H16N6O5. The third-order valence-electron chi connectivity index (χ3n) is 4.73. The fraction of sp³-hybridized carbons (Fsp3) is 0.143. The molecule has 0 radical (unpaired) electrons. The largest absolute Gasteiger partial charge is 0.478 e. The number of rotatable bonds is 7. The predicted molar refractivity (Wildman–Crippen MR) is 110 cm³/mol. The molecule has 32 heavy (non-hydrogen) atoms. The van der Waals surface area contributed by atoms with Gasteiger partial charge >= 0.3 is 5.97 Å². The van der Waals surface area contributed by atoms with Crippen LogP contribution in [0.3, 0.4) is 0 Å². The van der Waals surface area contributed by atoms with Gasteiger partial charge in [0.2, 0.25) is 11.7 Å². The van der Waals surface area contributed by atoms with Gasteiger partial charge in [-0.3, -0.25) is 4.98 Å². The van der Waals surface area contributed by atoms with Gasteiger partial charge in [0.25, 0.3) is 0 Å². The van der Waals surface area contributed by atoms with Gasteiger partial charge in [-0.05, 0) is 18.2 Å². The predicted octanol–water partition coefficient (Wildman–Crippen LogP) is 2.75. The van der Waals surface area contributed by atoms with Crippen molar-refractivity contribution in [2.75, 3.05) is 7.11 Å². The highest BCUT2D eigenvalue weighted by Gasteiger charge is 2.19. The van der Waals surface area contributed by atoms with Gasteiger partial charge in [-0.15, -0.1) is 15.3 Å². The molecule has 11 nitrogen and oxygen atoms in total. The third kappa shape index (κ3) is 3.50. The van der Waals surface area contributed by atoms with E-state index in [9.17, 15) is 4.79 Å². The summed E-state index contributed by atoms with van der Waals surface area (Å²) in [6.07, 6.45) is 1.29. The first kappa shape index (κ1) is 19.6. The summed E-state index contributed by atoms with van der Waals surface area (Å²) < 4.78 is 17.8. The van der Waals surface area contributed by atoms with E-state index in [1.165, 1.54) is 12.3 Å². The van der Waals surface area contributed by atoms with E-state index >= 15 is 0 Å². The molecule has 160 valence electrons. The summed E-state index contributed by atoms with van der Waals surface area (Å²) in [5.74, 6) is 0.252. The third-order valence-corrected chi connectivity index (χ3v) is 4.73. The van der Waals surface area contributed by atoms with Crippen molar-refractivity contribution in [2.24, 2.45) is 0 Å². The first-order valence-corrected chi connectivity index (χ1v) is 9.54. The van der Waals surface area contributed by atoms with E-state index in [2.05, 4.69) is 25.4 Å². The Kier molecular flexibility index (Phi) is 4.92. The second-order valence-corrected chi connectivity index (χ2v) is 6.85. The Morgan fingerprint density at radius 1 is 1.12 bits per heavy atom. The van der Waals surface area contributed by atoms with Gasteiger partial charge in [0.1, 0.15) is 13.2 Å². The normalized spacial score (nSPS) is 11.3. The molecule has 0 spiro atoms. The topological polar surface area (TPSA) is 138 Å². The number of ether oxygens (including phenoxy) is 2. The molecule has 0 saturated carbocycles. The summed E-state index contributed by atoms with van der Waals surface area (Å²) in [5.41, 5.74) is 1.67. The van der Waals surface area contributed by atoms with Crippen molar-refractivity contribution in [2.45, 2.75) is 13.2 Å². The molecule has 5 rings (SSSR count). The molecule has 11 heteroatoms. The number of nitrogens with zero attached hydrogens (tertiary/aromatic N) is 6. The van der Waals surface area contributed by atoms with E-state index in [0.717, 1.165) is 10.8 Å². The lowest BCUT2D eigenvalue weighted by Gasteiger charge is -2.09. The number of pyridine rings is 1. The molecule has 1 N–H and O–H groups in total. The Morgan fingerprint density at radius 2 is 1.97 bits per heavy atom. The van der Waals surface area contributed by atoms with Crippen LogP contribution < -0.4 is 4.74 Å². The Morgan fingerprint density at radius 3 is 2.72 bits per heavy atom. The van der Waals surface area contributed by atoms with Gasteiger partial charge in [0.15, 0.2) is 17.1 Å². The zero-order valence-corrected chi connectivity index (χ0v) is 16.8. The number of carboxylic acids is 1. The molecular weight excluding hydrogens is 416 g/mol. The summed E-state index contributed by atoms with van der Waals surface area (Å²) in [5, 5.41) is 27.7. The number of fused-ring (bicyclic) bond motifs is 3.